The van der Waals surface area contributed by atoms with E-state index in [-0.39, 0.29) is 0 Å². The van der Waals surface area contributed by atoms with Crippen LogP contribution in [0.1, 0.15) is 22.3 Å². The topological polar surface area (TPSA) is 38.7 Å². The molecule has 8 aromatic carbocycles. The quantitative estimate of drug-likeness (QED) is 0.176. The fourth-order valence-corrected chi connectivity index (χ4v) is 9.80. The van der Waals surface area contributed by atoms with Crippen LogP contribution >= 0.6 is 0 Å². The third-order valence-corrected chi connectivity index (χ3v) is 12.4. The summed E-state index contributed by atoms with van der Waals surface area (Å²) in [5, 5.41) is 2.45. The van der Waals surface area contributed by atoms with Crippen molar-refractivity contribution in [1.82, 2.24) is 15.0 Å². The van der Waals surface area contributed by atoms with E-state index in [2.05, 4.69) is 199 Å². The van der Waals surface area contributed by atoms with Crippen LogP contribution in [0.2, 0.25) is 0 Å². The molecule has 59 heavy (non-hydrogen) atoms. The maximum atomic E-state index is 5.42. The maximum Gasteiger partial charge on any atom is 0.160 e. The molecule has 2 aliphatic carbocycles. The van der Waals surface area contributed by atoms with Crippen molar-refractivity contribution in [2.45, 2.75) is 5.41 Å². The Bertz CT molecular complexity index is 3210. The normalized spacial score (nSPS) is 12.9. The Morgan fingerprint density at radius 1 is 0.322 bits per heavy atom. The highest BCUT2D eigenvalue weighted by Crippen LogP contribution is 2.63. The van der Waals surface area contributed by atoms with Crippen molar-refractivity contribution in [2.75, 3.05) is 0 Å². The van der Waals surface area contributed by atoms with Crippen molar-refractivity contribution in [1.29, 1.82) is 0 Å². The summed E-state index contributed by atoms with van der Waals surface area (Å²) in [6.07, 6.45) is 3.71. The first-order valence-electron chi connectivity index (χ1n) is 20.2. The molecule has 3 heteroatoms. The second-order valence-corrected chi connectivity index (χ2v) is 15.5. The molecule has 2 aliphatic rings. The molecule has 274 valence electrons. The van der Waals surface area contributed by atoms with Gasteiger partial charge in [-0.3, -0.25) is 4.98 Å². The third-order valence-electron chi connectivity index (χ3n) is 12.4. The standard InChI is InChI=1S/C56H35N3/c1-2-17-43-37(12-1)13-10-21-44(43)39-14-9-15-40(32-39)54-34-53(38-27-25-36(26-28-38)42-16-11-31-57-35-42)58-55(59-54)41-29-30-48-47-20-5-8-24-51(47)56(52(48)33-41)49-22-6-3-18-45(49)46-19-4-7-23-50(46)56/h1-35H. The zero-order valence-corrected chi connectivity index (χ0v) is 32.0. The molecule has 0 saturated carbocycles. The van der Waals surface area contributed by atoms with Gasteiger partial charge in [-0.1, -0.05) is 176 Å². The van der Waals surface area contributed by atoms with Gasteiger partial charge in [0.05, 0.1) is 16.8 Å². The first kappa shape index (κ1) is 33.4. The first-order valence-corrected chi connectivity index (χ1v) is 20.2. The number of pyridine rings is 1. The van der Waals surface area contributed by atoms with Crippen LogP contribution in [-0.4, -0.2) is 15.0 Å². The van der Waals surface area contributed by atoms with Gasteiger partial charge in [0, 0.05) is 29.1 Å². The summed E-state index contributed by atoms with van der Waals surface area (Å²) in [5.74, 6) is 0.692. The summed E-state index contributed by atoms with van der Waals surface area (Å²) < 4.78 is 0. The minimum absolute atomic E-state index is 0.454. The predicted octanol–water partition coefficient (Wildman–Crippen LogP) is 13.7. The van der Waals surface area contributed by atoms with Gasteiger partial charge in [-0.25, -0.2) is 9.97 Å². The Labute approximate surface area is 343 Å². The largest absolute Gasteiger partial charge is 0.264 e. The van der Waals surface area contributed by atoms with Gasteiger partial charge in [0.25, 0.3) is 0 Å². The summed E-state index contributed by atoms with van der Waals surface area (Å²) in [7, 11) is 0. The van der Waals surface area contributed by atoms with Gasteiger partial charge in [0.1, 0.15) is 0 Å². The highest BCUT2D eigenvalue weighted by molar-refractivity contribution is 5.98. The van der Waals surface area contributed by atoms with Crippen LogP contribution in [0.4, 0.5) is 0 Å². The molecule has 10 aromatic rings. The van der Waals surface area contributed by atoms with Crippen molar-refractivity contribution < 1.29 is 0 Å². The molecular formula is C56H35N3. The van der Waals surface area contributed by atoms with Crippen LogP contribution in [-0.2, 0) is 5.41 Å². The van der Waals surface area contributed by atoms with Crippen molar-refractivity contribution >= 4 is 10.8 Å². The molecule has 3 nitrogen and oxygen atoms in total. The van der Waals surface area contributed by atoms with E-state index >= 15 is 0 Å². The summed E-state index contributed by atoms with van der Waals surface area (Å²) in [6.45, 7) is 0. The summed E-state index contributed by atoms with van der Waals surface area (Å²) in [5.41, 5.74) is 19.2. The Balaban J connectivity index is 1.06. The highest BCUT2D eigenvalue weighted by Gasteiger charge is 2.51. The van der Waals surface area contributed by atoms with Crippen molar-refractivity contribution in [3.05, 3.63) is 235 Å². The minimum Gasteiger partial charge on any atom is -0.264 e. The van der Waals surface area contributed by atoms with Crippen molar-refractivity contribution in [2.24, 2.45) is 0 Å². The monoisotopic (exact) mass is 749 g/mol. The lowest BCUT2D eigenvalue weighted by Crippen LogP contribution is -2.25. The van der Waals surface area contributed by atoms with Crippen LogP contribution in [0.3, 0.4) is 0 Å². The number of hydrogen-bond acceptors (Lipinski definition) is 3. The number of fused-ring (bicyclic) bond motifs is 11. The van der Waals surface area contributed by atoms with Gasteiger partial charge in [0.15, 0.2) is 5.82 Å². The van der Waals surface area contributed by atoms with Gasteiger partial charge in [-0.05, 0) is 102 Å². The minimum atomic E-state index is -0.454. The van der Waals surface area contributed by atoms with E-state index in [0.717, 1.165) is 44.8 Å². The number of rotatable bonds is 5. The van der Waals surface area contributed by atoms with Gasteiger partial charge in [-0.15, -0.1) is 0 Å². The van der Waals surface area contributed by atoms with Gasteiger partial charge >= 0.3 is 0 Å². The summed E-state index contributed by atoms with van der Waals surface area (Å²) >= 11 is 0. The van der Waals surface area contributed by atoms with Crippen molar-refractivity contribution in [3.63, 3.8) is 0 Å². The molecule has 0 saturated heterocycles. The molecule has 0 atom stereocenters. The molecule has 0 aliphatic heterocycles. The molecular weight excluding hydrogens is 715 g/mol. The SMILES string of the molecule is c1cncc(-c2ccc(-c3cc(-c4cccc(-c5cccc6ccccc56)c4)nc(-c4ccc5c(c4)C4(c6ccccc6-c6ccccc64)c4ccccc4-5)n3)cc2)c1. The molecule has 0 amide bonds. The summed E-state index contributed by atoms with van der Waals surface area (Å²) in [6, 6.07) is 72.4. The molecule has 0 fully saturated rings. The molecule has 2 heterocycles. The Kier molecular flexibility index (Phi) is 7.45. The van der Waals surface area contributed by atoms with Crippen molar-refractivity contribution in [3.8, 4) is 78.4 Å². The van der Waals surface area contributed by atoms with Crippen LogP contribution in [0.5, 0.6) is 0 Å². The lowest BCUT2D eigenvalue weighted by molar-refractivity contribution is 0.794. The van der Waals surface area contributed by atoms with Gasteiger partial charge in [0.2, 0.25) is 0 Å². The number of aromatic nitrogens is 3. The molecule has 0 bridgehead atoms. The predicted molar refractivity (Wildman–Crippen MR) is 241 cm³/mol. The lowest BCUT2D eigenvalue weighted by Gasteiger charge is -2.30. The zero-order chi connectivity index (χ0) is 38.9. The van der Waals surface area contributed by atoms with Gasteiger partial charge < -0.3 is 0 Å². The van der Waals surface area contributed by atoms with Crippen LogP contribution in [0.15, 0.2) is 213 Å². The maximum absolute atomic E-state index is 5.42. The van der Waals surface area contributed by atoms with Crippen LogP contribution in [0, 0.1) is 0 Å². The number of hydrogen-bond donors (Lipinski definition) is 0. The average molecular weight is 750 g/mol. The fraction of sp³-hybridized carbons (Fsp3) is 0.0179. The molecule has 2 aromatic heterocycles. The second kappa shape index (κ2) is 13.2. The van der Waals surface area contributed by atoms with E-state index in [4.69, 9.17) is 9.97 Å². The molecule has 12 rings (SSSR count). The average Bonchev–Trinajstić information content (AvgIpc) is 3.79. The van der Waals surface area contributed by atoms with E-state index < -0.39 is 5.41 Å². The van der Waals surface area contributed by atoms with Crippen LogP contribution < -0.4 is 0 Å². The number of nitrogens with zero attached hydrogens (tertiary/aromatic N) is 3. The number of benzene rings is 8. The Morgan fingerprint density at radius 3 is 1.58 bits per heavy atom. The summed E-state index contributed by atoms with van der Waals surface area (Å²) in [4.78, 5) is 15.1. The smallest absolute Gasteiger partial charge is 0.160 e. The highest BCUT2D eigenvalue weighted by atomic mass is 14.9. The zero-order valence-electron chi connectivity index (χ0n) is 32.0. The fourth-order valence-electron chi connectivity index (χ4n) is 9.80. The Hall–Kier alpha value is -7.75. The van der Waals surface area contributed by atoms with E-state index in [9.17, 15) is 0 Å². The van der Waals surface area contributed by atoms with E-state index in [1.165, 1.54) is 60.8 Å². The molecule has 1 spiro atoms. The molecule has 0 N–H and O–H groups in total. The lowest BCUT2D eigenvalue weighted by atomic mass is 9.70. The second-order valence-electron chi connectivity index (χ2n) is 15.5. The van der Waals surface area contributed by atoms with E-state index in [1.807, 2.05) is 12.3 Å². The van der Waals surface area contributed by atoms with E-state index in [0.29, 0.717) is 5.82 Å². The third kappa shape index (κ3) is 5.11. The van der Waals surface area contributed by atoms with Gasteiger partial charge in [-0.2, -0.15) is 0 Å². The van der Waals surface area contributed by atoms with Crippen LogP contribution in [0.25, 0.3) is 89.2 Å². The molecule has 0 unspecified atom stereocenters. The first-order chi connectivity index (χ1) is 29.2. The van der Waals surface area contributed by atoms with E-state index in [1.54, 1.807) is 6.20 Å². The molecule has 0 radical (unpaired) electrons. The Morgan fingerprint density at radius 2 is 0.864 bits per heavy atom.